The summed E-state index contributed by atoms with van der Waals surface area (Å²) in [6, 6.07) is 0.162. The molecule has 0 saturated carbocycles. The van der Waals surface area contributed by atoms with Crippen LogP contribution in [0.2, 0.25) is 0 Å². The third-order valence-corrected chi connectivity index (χ3v) is 6.84. The summed E-state index contributed by atoms with van der Waals surface area (Å²) in [7, 11) is 0. The van der Waals surface area contributed by atoms with Crippen LogP contribution in [0.5, 0.6) is 0 Å². The number of likely N-dealkylation sites (tertiary alicyclic amines) is 1. The second-order valence-corrected chi connectivity index (χ2v) is 12.2. The Morgan fingerprint density at radius 3 is 1.89 bits per heavy atom. The lowest BCUT2D eigenvalue weighted by Crippen LogP contribution is -2.55. The number of ether oxygens (including phenoxy) is 1. The van der Waals surface area contributed by atoms with Gasteiger partial charge in [0.15, 0.2) is 0 Å². The Morgan fingerprint density at radius 1 is 1.00 bits per heavy atom. The molecule has 1 aliphatic heterocycles. The lowest BCUT2D eigenvalue weighted by molar-refractivity contribution is -0.157. The maximum atomic E-state index is 12.7. The minimum Gasteiger partial charge on any atom is -0.462 e. The summed E-state index contributed by atoms with van der Waals surface area (Å²) in [6.07, 6.45) is 3.18. The smallest absolute Gasteiger partial charge is 0.302 e. The van der Waals surface area contributed by atoms with Crippen molar-refractivity contribution in [2.75, 3.05) is 6.54 Å². The molecule has 4 nitrogen and oxygen atoms in total. The first kappa shape index (κ1) is 25.0. The molecule has 28 heavy (non-hydrogen) atoms. The van der Waals surface area contributed by atoms with Gasteiger partial charge in [0.05, 0.1) is 0 Å². The third-order valence-electron chi connectivity index (χ3n) is 6.84. The minimum absolute atomic E-state index is 0.125. The number of rotatable bonds is 7. The van der Waals surface area contributed by atoms with Crippen LogP contribution < -0.4 is 0 Å². The van der Waals surface area contributed by atoms with E-state index in [2.05, 4.69) is 74.1 Å². The number of carbonyl (C=O) groups excluding carboxylic acids is 2. The normalized spacial score (nSPS) is 19.0. The first-order valence-corrected chi connectivity index (χ1v) is 10.9. The van der Waals surface area contributed by atoms with E-state index in [1.54, 1.807) is 0 Å². The first-order valence-electron chi connectivity index (χ1n) is 10.9. The Hall–Kier alpha value is -1.06. The molecule has 1 aliphatic rings. The van der Waals surface area contributed by atoms with Gasteiger partial charge in [0, 0.05) is 25.9 Å². The number of carbonyl (C=O) groups is 2. The van der Waals surface area contributed by atoms with Crippen LogP contribution in [0.4, 0.5) is 0 Å². The van der Waals surface area contributed by atoms with Crippen LogP contribution in [0.25, 0.3) is 0 Å². The molecule has 0 radical (unpaired) electrons. The van der Waals surface area contributed by atoms with Gasteiger partial charge >= 0.3 is 5.97 Å². The van der Waals surface area contributed by atoms with Crippen LogP contribution >= 0.6 is 0 Å². The summed E-state index contributed by atoms with van der Waals surface area (Å²) in [4.78, 5) is 26.5. The van der Waals surface area contributed by atoms with E-state index in [-0.39, 0.29) is 45.7 Å². The summed E-state index contributed by atoms with van der Waals surface area (Å²) >= 11 is 0. The monoisotopic (exact) mass is 395 g/mol. The predicted molar refractivity (Wildman–Crippen MR) is 116 cm³/mol. The zero-order chi connectivity index (χ0) is 22.1. The van der Waals surface area contributed by atoms with Crippen LogP contribution in [0.1, 0.15) is 102 Å². The molecule has 1 heterocycles. The molecule has 0 aromatic carbocycles. The molecule has 1 rings (SSSR count). The number of hydrogen-bond donors (Lipinski definition) is 0. The van der Waals surface area contributed by atoms with Crippen LogP contribution in [0, 0.1) is 21.7 Å². The SMILES string of the molecule is CC(=O)O[C@@H](CC(C)(C)C(C)(C)C(CC(C)(C)C)N1CCCC1=O)C(C)(C)C. The van der Waals surface area contributed by atoms with E-state index in [4.69, 9.17) is 4.74 Å². The second-order valence-electron chi connectivity index (χ2n) is 12.2. The fourth-order valence-electron chi connectivity index (χ4n) is 4.24. The molecule has 0 aromatic rings. The predicted octanol–water partition coefficient (Wildman–Crippen LogP) is 5.83. The van der Waals surface area contributed by atoms with Crippen molar-refractivity contribution in [3.8, 4) is 0 Å². The van der Waals surface area contributed by atoms with Crippen molar-refractivity contribution in [1.82, 2.24) is 4.90 Å². The fourth-order valence-corrected chi connectivity index (χ4v) is 4.24. The van der Waals surface area contributed by atoms with Gasteiger partial charge in [0.1, 0.15) is 6.10 Å². The van der Waals surface area contributed by atoms with E-state index in [0.29, 0.717) is 6.42 Å². The molecule has 0 N–H and O–H groups in total. The van der Waals surface area contributed by atoms with E-state index in [1.807, 2.05) is 0 Å². The summed E-state index contributed by atoms with van der Waals surface area (Å²) < 4.78 is 5.75. The van der Waals surface area contributed by atoms with Crippen molar-refractivity contribution in [2.24, 2.45) is 21.7 Å². The Morgan fingerprint density at radius 2 is 1.54 bits per heavy atom. The van der Waals surface area contributed by atoms with E-state index in [0.717, 1.165) is 25.8 Å². The molecule has 0 aliphatic carbocycles. The van der Waals surface area contributed by atoms with Crippen LogP contribution in [0.15, 0.2) is 0 Å². The first-order chi connectivity index (χ1) is 12.4. The molecule has 0 aromatic heterocycles. The van der Waals surface area contributed by atoms with Gasteiger partial charge in [-0.1, -0.05) is 69.2 Å². The van der Waals surface area contributed by atoms with E-state index in [9.17, 15) is 9.59 Å². The fraction of sp³-hybridized carbons (Fsp3) is 0.917. The summed E-state index contributed by atoms with van der Waals surface area (Å²) in [6.45, 7) is 24.6. The number of hydrogen-bond acceptors (Lipinski definition) is 3. The average molecular weight is 396 g/mol. The lowest BCUT2D eigenvalue weighted by Gasteiger charge is -2.53. The maximum Gasteiger partial charge on any atom is 0.302 e. The molecule has 1 amide bonds. The standard InChI is InChI=1S/C24H45NO3/c1-17(26)28-19(22(5,6)7)16-23(8,9)24(10,11)18(15-21(2,3)4)25-14-12-13-20(25)27/h18-19H,12-16H2,1-11H3/t18?,19-/m0/s1. The zero-order valence-corrected chi connectivity index (χ0v) is 20.4. The zero-order valence-electron chi connectivity index (χ0n) is 20.4. The molecular weight excluding hydrogens is 350 g/mol. The van der Waals surface area contributed by atoms with Gasteiger partial charge in [-0.2, -0.15) is 0 Å². The summed E-state index contributed by atoms with van der Waals surface area (Å²) in [5, 5.41) is 0. The maximum absolute atomic E-state index is 12.7. The van der Waals surface area contributed by atoms with E-state index < -0.39 is 0 Å². The van der Waals surface area contributed by atoms with Crippen molar-refractivity contribution < 1.29 is 14.3 Å². The molecule has 0 spiro atoms. The van der Waals surface area contributed by atoms with Crippen molar-refractivity contribution in [3.63, 3.8) is 0 Å². The molecular formula is C24H45NO3. The summed E-state index contributed by atoms with van der Waals surface area (Å²) in [5.74, 6) is 0.0555. The van der Waals surface area contributed by atoms with Crippen LogP contribution in [0.3, 0.4) is 0 Å². The molecule has 2 atom stereocenters. The van der Waals surface area contributed by atoms with Crippen LogP contribution in [-0.4, -0.2) is 35.5 Å². The highest BCUT2D eigenvalue weighted by Crippen LogP contribution is 2.51. The quantitative estimate of drug-likeness (QED) is 0.509. The van der Waals surface area contributed by atoms with Gasteiger partial charge in [-0.25, -0.2) is 0 Å². The molecule has 1 fully saturated rings. The van der Waals surface area contributed by atoms with E-state index >= 15 is 0 Å². The molecule has 0 bridgehead atoms. The molecule has 1 saturated heterocycles. The Kier molecular flexibility index (Phi) is 7.45. The average Bonchev–Trinajstić information content (AvgIpc) is 2.87. The van der Waals surface area contributed by atoms with Gasteiger partial charge < -0.3 is 9.64 Å². The van der Waals surface area contributed by atoms with Gasteiger partial charge in [-0.15, -0.1) is 0 Å². The number of nitrogens with zero attached hydrogens (tertiary/aromatic N) is 1. The van der Waals surface area contributed by atoms with Crippen molar-refractivity contribution in [1.29, 1.82) is 0 Å². The highest BCUT2D eigenvalue weighted by atomic mass is 16.5. The topological polar surface area (TPSA) is 46.6 Å². The Bertz CT molecular complexity index is 563. The highest BCUT2D eigenvalue weighted by molar-refractivity contribution is 5.78. The third kappa shape index (κ3) is 6.22. The minimum atomic E-state index is -0.227. The van der Waals surface area contributed by atoms with Crippen molar-refractivity contribution in [2.45, 2.75) is 114 Å². The van der Waals surface area contributed by atoms with Gasteiger partial charge in [0.25, 0.3) is 0 Å². The highest BCUT2D eigenvalue weighted by Gasteiger charge is 2.50. The lowest BCUT2D eigenvalue weighted by atomic mass is 9.58. The van der Waals surface area contributed by atoms with Crippen molar-refractivity contribution >= 4 is 11.9 Å². The largest absolute Gasteiger partial charge is 0.462 e. The summed E-state index contributed by atoms with van der Waals surface area (Å²) in [5.41, 5.74) is -0.273. The van der Waals surface area contributed by atoms with Crippen LogP contribution in [-0.2, 0) is 14.3 Å². The Balaban J connectivity index is 3.26. The molecule has 1 unspecified atom stereocenters. The van der Waals surface area contributed by atoms with Gasteiger partial charge in [-0.05, 0) is 40.9 Å². The second kappa shape index (κ2) is 8.36. The molecule has 4 heteroatoms. The van der Waals surface area contributed by atoms with Gasteiger partial charge in [0.2, 0.25) is 5.91 Å². The number of amides is 1. The van der Waals surface area contributed by atoms with Crippen molar-refractivity contribution in [3.05, 3.63) is 0 Å². The van der Waals surface area contributed by atoms with E-state index in [1.165, 1.54) is 6.92 Å². The molecule has 164 valence electrons. The van der Waals surface area contributed by atoms with Gasteiger partial charge in [-0.3, -0.25) is 9.59 Å². The Labute approximate surface area is 173 Å². The number of esters is 1.